The highest BCUT2D eigenvalue weighted by Gasteiger charge is 2.15. The van der Waals surface area contributed by atoms with Crippen LogP contribution in [0.5, 0.6) is 5.75 Å². The summed E-state index contributed by atoms with van der Waals surface area (Å²) in [6, 6.07) is 27.4. The van der Waals surface area contributed by atoms with E-state index in [-0.39, 0.29) is 10.8 Å². The van der Waals surface area contributed by atoms with Gasteiger partial charge in [-0.15, -0.1) is 0 Å². The summed E-state index contributed by atoms with van der Waals surface area (Å²) >= 11 is 0. The van der Waals surface area contributed by atoms with Crippen LogP contribution in [0.3, 0.4) is 0 Å². The number of hydrogen-bond acceptors (Lipinski definition) is 5. The Morgan fingerprint density at radius 2 is 1.44 bits per heavy atom. The maximum atomic E-state index is 12.9. The molecule has 7 nitrogen and oxygen atoms in total. The minimum atomic E-state index is -3.78. The van der Waals surface area contributed by atoms with Gasteiger partial charge in [-0.2, -0.15) is 0 Å². The number of ether oxygens (including phenoxy) is 1. The Labute approximate surface area is 210 Å². The number of methoxy groups -OCH3 is 1. The van der Waals surface area contributed by atoms with E-state index in [1.54, 1.807) is 60.7 Å². The van der Waals surface area contributed by atoms with Gasteiger partial charge in [-0.1, -0.05) is 54.6 Å². The number of sulfonamides is 1. The molecule has 4 aromatic carbocycles. The molecule has 0 spiro atoms. The van der Waals surface area contributed by atoms with Crippen LogP contribution in [0.25, 0.3) is 12.2 Å². The highest BCUT2D eigenvalue weighted by molar-refractivity contribution is 7.92. The van der Waals surface area contributed by atoms with Crippen molar-refractivity contribution in [3.8, 4) is 5.75 Å². The average molecular weight is 500 g/mol. The summed E-state index contributed by atoms with van der Waals surface area (Å²) in [5, 5.41) is 2.80. The molecule has 8 heteroatoms. The van der Waals surface area contributed by atoms with Crippen LogP contribution in [0.2, 0.25) is 0 Å². The van der Waals surface area contributed by atoms with Crippen molar-refractivity contribution in [2.24, 2.45) is 0 Å². The largest absolute Gasteiger partial charge is 0.497 e. The van der Waals surface area contributed by atoms with Crippen LogP contribution >= 0.6 is 0 Å². The summed E-state index contributed by atoms with van der Waals surface area (Å²) in [7, 11) is -2.26. The molecule has 0 saturated carbocycles. The lowest BCUT2D eigenvalue weighted by Gasteiger charge is -2.11. The zero-order chi connectivity index (χ0) is 25.5. The number of nitrogen functional groups attached to an aromatic ring is 1. The molecular formula is C28H25N3O4S. The molecule has 0 saturated heterocycles. The third kappa shape index (κ3) is 5.92. The van der Waals surface area contributed by atoms with Gasteiger partial charge in [0.1, 0.15) is 5.75 Å². The molecule has 0 aliphatic heterocycles. The predicted molar refractivity (Wildman–Crippen MR) is 144 cm³/mol. The smallest absolute Gasteiger partial charge is 0.261 e. The summed E-state index contributed by atoms with van der Waals surface area (Å²) in [4.78, 5) is 12.7. The van der Waals surface area contributed by atoms with E-state index in [0.717, 1.165) is 5.56 Å². The molecule has 1 amide bonds. The van der Waals surface area contributed by atoms with Gasteiger partial charge < -0.3 is 15.8 Å². The summed E-state index contributed by atoms with van der Waals surface area (Å²) < 4.78 is 33.5. The molecule has 4 rings (SSSR count). The molecule has 0 heterocycles. The maximum absolute atomic E-state index is 12.9. The van der Waals surface area contributed by atoms with Crippen LogP contribution in [-0.4, -0.2) is 21.4 Å². The van der Waals surface area contributed by atoms with Gasteiger partial charge >= 0.3 is 0 Å². The third-order valence-electron chi connectivity index (χ3n) is 5.41. The van der Waals surface area contributed by atoms with E-state index in [4.69, 9.17) is 10.5 Å². The molecule has 0 radical (unpaired) electrons. The first-order valence-corrected chi connectivity index (χ1v) is 12.5. The van der Waals surface area contributed by atoms with E-state index in [0.29, 0.717) is 33.9 Å². The fourth-order valence-electron chi connectivity index (χ4n) is 3.43. The number of nitrogens with one attached hydrogen (secondary N) is 2. The van der Waals surface area contributed by atoms with E-state index in [9.17, 15) is 13.2 Å². The second-order valence-corrected chi connectivity index (χ2v) is 9.55. The quantitative estimate of drug-likeness (QED) is 0.219. The average Bonchev–Trinajstić information content (AvgIpc) is 2.89. The maximum Gasteiger partial charge on any atom is 0.261 e. The third-order valence-corrected chi connectivity index (χ3v) is 6.79. The Bertz CT molecular complexity index is 1500. The van der Waals surface area contributed by atoms with Crippen LogP contribution in [0.4, 0.5) is 17.1 Å². The summed E-state index contributed by atoms with van der Waals surface area (Å²) in [6.07, 6.45) is 3.66. The van der Waals surface area contributed by atoms with Gasteiger partial charge in [0.2, 0.25) is 0 Å². The molecule has 0 aliphatic rings. The summed E-state index contributed by atoms with van der Waals surface area (Å²) in [5.41, 5.74) is 9.41. The lowest BCUT2D eigenvalue weighted by atomic mass is 10.1. The van der Waals surface area contributed by atoms with Gasteiger partial charge in [0.15, 0.2) is 0 Å². The number of carbonyl (C=O) groups excluding carboxylic acids is 1. The summed E-state index contributed by atoms with van der Waals surface area (Å²) in [5.74, 6) is 0.312. The molecule has 0 unspecified atom stereocenters. The molecule has 36 heavy (non-hydrogen) atoms. The minimum absolute atomic E-state index is 0.133. The molecule has 0 aromatic heterocycles. The number of nitrogens with two attached hydrogens (primary N) is 1. The van der Waals surface area contributed by atoms with E-state index in [1.165, 1.54) is 19.2 Å². The lowest BCUT2D eigenvalue weighted by Crippen LogP contribution is -2.13. The summed E-state index contributed by atoms with van der Waals surface area (Å²) in [6.45, 7) is 0. The highest BCUT2D eigenvalue weighted by atomic mass is 32.2. The Balaban J connectivity index is 1.47. The second-order valence-electron chi connectivity index (χ2n) is 7.86. The zero-order valence-corrected chi connectivity index (χ0v) is 20.3. The van der Waals surface area contributed by atoms with Crippen LogP contribution in [0, 0.1) is 0 Å². The number of para-hydroxylation sites is 3. The number of anilines is 3. The van der Waals surface area contributed by atoms with E-state index >= 15 is 0 Å². The van der Waals surface area contributed by atoms with Gasteiger partial charge in [-0.25, -0.2) is 8.42 Å². The first-order chi connectivity index (χ1) is 17.4. The molecule has 182 valence electrons. The van der Waals surface area contributed by atoms with E-state index < -0.39 is 10.0 Å². The molecule has 0 atom stereocenters. The molecule has 0 bridgehead atoms. The van der Waals surface area contributed by atoms with Crippen molar-refractivity contribution in [2.45, 2.75) is 4.90 Å². The van der Waals surface area contributed by atoms with Crippen LogP contribution in [0.1, 0.15) is 21.5 Å². The van der Waals surface area contributed by atoms with Crippen LogP contribution in [0.15, 0.2) is 102 Å². The second kappa shape index (κ2) is 10.8. The Hall–Kier alpha value is -4.56. The van der Waals surface area contributed by atoms with Crippen molar-refractivity contribution >= 4 is 45.1 Å². The Kier molecular flexibility index (Phi) is 7.36. The first-order valence-electron chi connectivity index (χ1n) is 11.1. The van der Waals surface area contributed by atoms with Crippen molar-refractivity contribution in [1.29, 1.82) is 0 Å². The standard InChI is InChI=1S/C28H25N3O4S/c1-35-23-16-18-24(19-17-23)36(33,34)31-26-8-4-2-6-21(26)13-10-20-11-14-22(15-12-20)28(32)30-27-9-5-3-7-25(27)29/h2-19,31H,29H2,1H3,(H,30,32)/b13-10+. The topological polar surface area (TPSA) is 111 Å². The number of hydrogen-bond donors (Lipinski definition) is 3. The molecule has 0 aliphatic carbocycles. The van der Waals surface area contributed by atoms with Crippen LogP contribution < -0.4 is 20.5 Å². The van der Waals surface area contributed by atoms with Gasteiger partial charge in [-0.05, 0) is 65.7 Å². The number of benzene rings is 4. The van der Waals surface area contributed by atoms with E-state index in [1.807, 2.05) is 36.4 Å². The molecular weight excluding hydrogens is 474 g/mol. The van der Waals surface area contributed by atoms with Crippen molar-refractivity contribution in [2.75, 3.05) is 22.9 Å². The number of rotatable bonds is 8. The molecule has 4 aromatic rings. The first kappa shape index (κ1) is 24.6. The normalized spacial score (nSPS) is 11.2. The van der Waals surface area contributed by atoms with Gasteiger partial charge in [-0.3, -0.25) is 9.52 Å². The van der Waals surface area contributed by atoms with Gasteiger partial charge in [0.25, 0.3) is 15.9 Å². The van der Waals surface area contributed by atoms with Crippen molar-refractivity contribution in [3.63, 3.8) is 0 Å². The monoisotopic (exact) mass is 499 g/mol. The van der Waals surface area contributed by atoms with Gasteiger partial charge in [0.05, 0.1) is 29.1 Å². The Morgan fingerprint density at radius 3 is 2.11 bits per heavy atom. The van der Waals surface area contributed by atoms with Crippen LogP contribution in [-0.2, 0) is 10.0 Å². The molecule has 0 fully saturated rings. The number of amides is 1. The highest BCUT2D eigenvalue weighted by Crippen LogP contribution is 2.24. The van der Waals surface area contributed by atoms with Crippen molar-refractivity contribution in [1.82, 2.24) is 0 Å². The minimum Gasteiger partial charge on any atom is -0.497 e. The lowest BCUT2D eigenvalue weighted by molar-refractivity contribution is 0.102. The fraction of sp³-hybridized carbons (Fsp3) is 0.0357. The fourth-order valence-corrected chi connectivity index (χ4v) is 4.52. The van der Waals surface area contributed by atoms with Crippen molar-refractivity contribution < 1.29 is 17.9 Å². The Morgan fingerprint density at radius 1 is 0.806 bits per heavy atom. The van der Waals surface area contributed by atoms with Crippen molar-refractivity contribution in [3.05, 3.63) is 114 Å². The SMILES string of the molecule is COc1ccc(S(=O)(=O)Nc2ccccc2/C=C/c2ccc(C(=O)Nc3ccccc3N)cc2)cc1. The van der Waals surface area contributed by atoms with E-state index in [2.05, 4.69) is 10.0 Å². The predicted octanol–water partition coefficient (Wildman–Crippen LogP) is 5.50. The zero-order valence-electron chi connectivity index (χ0n) is 19.5. The molecule has 4 N–H and O–H groups in total. The number of carbonyl (C=O) groups is 1. The van der Waals surface area contributed by atoms with Gasteiger partial charge in [0, 0.05) is 5.56 Å².